The number of nitro groups is 1. The molecule has 33 heavy (non-hydrogen) atoms. The zero-order valence-electron chi connectivity index (χ0n) is 19.7. The third kappa shape index (κ3) is 3.65. The van der Waals surface area contributed by atoms with E-state index in [1.807, 2.05) is 32.1 Å². The number of cyclic esters (lactones) is 1. The highest BCUT2D eigenvalue weighted by Crippen LogP contribution is 2.60. The number of ketones is 1. The van der Waals surface area contributed by atoms with Crippen LogP contribution in [-0.4, -0.2) is 65.5 Å². The molecule has 11 atom stereocenters. The van der Waals surface area contributed by atoms with Crippen molar-refractivity contribution < 1.29 is 33.8 Å². The van der Waals surface area contributed by atoms with Crippen molar-refractivity contribution in [3.63, 3.8) is 0 Å². The molecule has 0 aromatic heterocycles. The van der Waals surface area contributed by atoms with E-state index in [1.165, 1.54) is 7.11 Å². The topological polar surface area (TPSA) is 125 Å². The molecule has 9 heteroatoms. The van der Waals surface area contributed by atoms with Crippen molar-refractivity contribution in [1.29, 1.82) is 0 Å². The number of aliphatic hydroxyl groups is 1. The Kier molecular flexibility index (Phi) is 6.26. The number of carbonyl (C=O) groups is 2. The van der Waals surface area contributed by atoms with Crippen molar-refractivity contribution in [2.45, 2.75) is 64.1 Å². The highest BCUT2D eigenvalue weighted by molar-refractivity contribution is 5.88. The minimum atomic E-state index is -1.02. The van der Waals surface area contributed by atoms with Crippen molar-refractivity contribution in [2.24, 2.45) is 35.5 Å². The van der Waals surface area contributed by atoms with Crippen molar-refractivity contribution >= 4 is 11.8 Å². The highest BCUT2D eigenvalue weighted by Gasteiger charge is 2.69. The largest absolute Gasteiger partial charge is 0.457 e. The lowest BCUT2D eigenvalue weighted by molar-refractivity contribution is -0.492. The third-order valence-electron chi connectivity index (χ3n) is 8.24. The number of hydrogen-bond donors (Lipinski definition) is 1. The molecule has 2 fully saturated rings. The summed E-state index contributed by atoms with van der Waals surface area (Å²) in [5.74, 6) is -3.06. The summed E-state index contributed by atoms with van der Waals surface area (Å²) < 4.78 is 17.9. The summed E-state index contributed by atoms with van der Waals surface area (Å²) in [5, 5.41) is 21.7. The van der Waals surface area contributed by atoms with Crippen molar-refractivity contribution in [3.8, 4) is 0 Å². The predicted molar refractivity (Wildman–Crippen MR) is 117 cm³/mol. The molecule has 2 heterocycles. The number of rotatable bonds is 4. The lowest BCUT2D eigenvalue weighted by Gasteiger charge is -2.45. The summed E-state index contributed by atoms with van der Waals surface area (Å²) in [7, 11) is 1.43. The standard InChI is InChI=1S/C24H33NO8/c1-11-8-12(2)24-15(9-18(31-5)23(28)32-21(11)14(4)26)6-7-16-19(24)20(27)13(3)17(10-25(29)30)22(16)33-24/h6-8,11,13-19,21-22,26H,9-10H2,1-5H3/b12-8+/t11-,13?,14?,15-,16-,17-,18+,19+,21+,22-,24+/m1/s1. The smallest absolute Gasteiger partial charge is 0.335 e. The molecule has 0 aromatic carbocycles. The third-order valence-corrected chi connectivity index (χ3v) is 8.24. The Balaban J connectivity index is 1.86. The molecule has 4 aliphatic rings. The van der Waals surface area contributed by atoms with Crippen molar-refractivity contribution in [1.82, 2.24) is 0 Å². The number of ether oxygens (including phenoxy) is 3. The maximum absolute atomic E-state index is 13.7. The molecule has 4 bridgehead atoms. The Morgan fingerprint density at radius 3 is 2.64 bits per heavy atom. The Bertz CT molecular complexity index is 897. The van der Waals surface area contributed by atoms with Gasteiger partial charge in [0.25, 0.3) is 0 Å². The normalized spacial score (nSPS) is 47.2. The Morgan fingerprint density at radius 2 is 2.03 bits per heavy atom. The summed E-state index contributed by atoms with van der Waals surface area (Å²) in [6, 6.07) is 0. The van der Waals surface area contributed by atoms with E-state index >= 15 is 0 Å². The van der Waals surface area contributed by atoms with Crippen LogP contribution in [0.1, 0.15) is 34.1 Å². The average molecular weight is 464 g/mol. The van der Waals surface area contributed by atoms with Gasteiger partial charge in [0.15, 0.2) is 6.10 Å². The number of methoxy groups -OCH3 is 1. The van der Waals surface area contributed by atoms with Crippen molar-refractivity contribution in [3.05, 3.63) is 33.9 Å². The minimum absolute atomic E-state index is 0.0315. The van der Waals surface area contributed by atoms with Crippen LogP contribution < -0.4 is 0 Å². The molecule has 2 aliphatic heterocycles. The molecule has 182 valence electrons. The second kappa shape index (κ2) is 8.60. The van der Waals surface area contributed by atoms with E-state index in [0.29, 0.717) is 0 Å². The molecule has 2 unspecified atom stereocenters. The summed E-state index contributed by atoms with van der Waals surface area (Å²) in [4.78, 5) is 37.6. The molecule has 1 spiro atoms. The molecular formula is C24H33NO8. The monoisotopic (exact) mass is 463 g/mol. The minimum Gasteiger partial charge on any atom is -0.457 e. The van der Waals surface area contributed by atoms with E-state index in [-0.39, 0.29) is 41.4 Å². The maximum atomic E-state index is 13.7. The van der Waals surface area contributed by atoms with Gasteiger partial charge in [-0.3, -0.25) is 14.9 Å². The van der Waals surface area contributed by atoms with Gasteiger partial charge >= 0.3 is 5.97 Å². The van der Waals surface area contributed by atoms with Crippen LogP contribution in [0.25, 0.3) is 0 Å². The quantitative estimate of drug-likeness (QED) is 0.290. The van der Waals surface area contributed by atoms with Crippen molar-refractivity contribution in [2.75, 3.05) is 13.7 Å². The Hall–Kier alpha value is -2.10. The molecule has 1 N–H and O–H groups in total. The first-order valence-corrected chi connectivity index (χ1v) is 11.6. The van der Waals surface area contributed by atoms with Gasteiger partial charge in [-0.1, -0.05) is 32.1 Å². The molecule has 0 radical (unpaired) electrons. The van der Waals surface area contributed by atoms with Crippen LogP contribution in [0, 0.1) is 45.6 Å². The van der Waals surface area contributed by atoms with Gasteiger partial charge < -0.3 is 19.3 Å². The van der Waals surface area contributed by atoms with Crippen LogP contribution >= 0.6 is 0 Å². The van der Waals surface area contributed by atoms with Gasteiger partial charge in [0.2, 0.25) is 6.54 Å². The maximum Gasteiger partial charge on any atom is 0.335 e. The van der Waals surface area contributed by atoms with E-state index in [1.54, 1.807) is 13.8 Å². The second-order valence-corrected chi connectivity index (χ2v) is 10.1. The van der Waals surface area contributed by atoms with E-state index in [9.17, 15) is 24.8 Å². The van der Waals surface area contributed by atoms with Gasteiger partial charge in [-0.05, 0) is 25.8 Å². The summed E-state index contributed by atoms with van der Waals surface area (Å²) in [5.41, 5.74) is -0.199. The lowest BCUT2D eigenvalue weighted by Crippen LogP contribution is -2.54. The number of carbonyl (C=O) groups excluding carboxylic acids is 2. The van der Waals surface area contributed by atoms with Crippen LogP contribution in [0.15, 0.2) is 23.8 Å². The van der Waals surface area contributed by atoms with Gasteiger partial charge in [0, 0.05) is 35.7 Å². The molecule has 1 saturated heterocycles. The molecule has 0 aromatic rings. The summed E-state index contributed by atoms with van der Waals surface area (Å²) in [6.45, 7) is 6.76. The van der Waals surface area contributed by atoms with Crippen LogP contribution in [0.5, 0.6) is 0 Å². The SMILES string of the molecule is CO[C@H]1C[C@H]2C=C[C@H]3[C@H]4O[C@]2(/C(C)=C/[C@@H](C)[C@@H](C(C)O)OC1=O)[C@@H]3C(=O)C(C)[C@H]4C[N+](=O)[O-]. The van der Waals surface area contributed by atoms with Gasteiger partial charge in [0.1, 0.15) is 17.5 Å². The summed E-state index contributed by atoms with van der Waals surface area (Å²) >= 11 is 0. The number of Topliss-reactive ketones (excluding diaryl/α,β-unsaturated/α-hetero) is 1. The predicted octanol–water partition coefficient (Wildman–Crippen LogP) is 1.95. The fourth-order valence-corrected chi connectivity index (χ4v) is 6.66. The van der Waals surface area contributed by atoms with Crippen LogP contribution in [0.3, 0.4) is 0 Å². The van der Waals surface area contributed by atoms with Gasteiger partial charge in [-0.25, -0.2) is 4.79 Å². The molecular weight excluding hydrogens is 430 g/mol. The number of esters is 1. The lowest BCUT2D eigenvalue weighted by atomic mass is 9.56. The van der Waals surface area contributed by atoms with Gasteiger partial charge in [0.05, 0.1) is 24.0 Å². The first-order valence-electron chi connectivity index (χ1n) is 11.6. The second-order valence-electron chi connectivity index (χ2n) is 10.1. The van der Waals surface area contributed by atoms with Gasteiger partial charge in [-0.15, -0.1) is 0 Å². The zero-order valence-corrected chi connectivity index (χ0v) is 19.7. The van der Waals surface area contributed by atoms with E-state index in [4.69, 9.17) is 14.2 Å². The molecule has 0 amide bonds. The first kappa shape index (κ1) is 24.0. The van der Waals surface area contributed by atoms with Crippen LogP contribution in [0.2, 0.25) is 0 Å². The summed E-state index contributed by atoms with van der Waals surface area (Å²) in [6.07, 6.45) is 3.01. The first-order chi connectivity index (χ1) is 15.5. The fourth-order valence-electron chi connectivity index (χ4n) is 6.66. The van der Waals surface area contributed by atoms with E-state index in [2.05, 4.69) is 0 Å². The number of hydrogen-bond acceptors (Lipinski definition) is 8. The van der Waals surface area contributed by atoms with E-state index in [0.717, 1.165) is 5.57 Å². The van der Waals surface area contributed by atoms with Crippen LogP contribution in [0.4, 0.5) is 0 Å². The number of nitrogens with zero attached hydrogens (tertiary/aromatic N) is 1. The molecule has 9 nitrogen and oxygen atoms in total. The fraction of sp³-hybridized carbons (Fsp3) is 0.750. The van der Waals surface area contributed by atoms with Gasteiger partial charge in [-0.2, -0.15) is 0 Å². The molecule has 2 aliphatic carbocycles. The highest BCUT2D eigenvalue weighted by atomic mass is 16.6. The van der Waals surface area contributed by atoms with E-state index < -0.39 is 53.7 Å². The molecule has 4 rings (SSSR count). The number of aliphatic hydroxyl groups excluding tert-OH is 1. The Labute approximate surface area is 193 Å². The average Bonchev–Trinajstić information content (AvgIpc) is 2.94. The zero-order chi connectivity index (χ0) is 24.2. The molecule has 1 saturated carbocycles. The van der Waals surface area contributed by atoms with Crippen LogP contribution in [-0.2, 0) is 23.8 Å². The Morgan fingerprint density at radius 1 is 1.33 bits per heavy atom.